The van der Waals surface area contributed by atoms with Gasteiger partial charge in [-0.05, 0) is 26.3 Å². The Hall–Kier alpha value is -0.830. The molecule has 0 bridgehead atoms. The van der Waals surface area contributed by atoms with Crippen molar-refractivity contribution in [2.45, 2.75) is 40.7 Å². The second-order valence-electron chi connectivity index (χ2n) is 4.44. The van der Waals surface area contributed by atoms with Crippen LogP contribution in [0.2, 0.25) is 0 Å². The third kappa shape index (κ3) is 2.81. The summed E-state index contributed by atoms with van der Waals surface area (Å²) in [5.74, 6) is 0.622. The van der Waals surface area contributed by atoms with Crippen LogP contribution in [0.4, 0.5) is 0 Å². The van der Waals surface area contributed by atoms with Crippen molar-refractivity contribution in [3.8, 4) is 0 Å². The van der Waals surface area contributed by atoms with Gasteiger partial charge in [-0.3, -0.25) is 0 Å². The molecule has 3 nitrogen and oxygen atoms in total. The van der Waals surface area contributed by atoms with Crippen LogP contribution in [-0.2, 0) is 0 Å². The van der Waals surface area contributed by atoms with Crippen molar-refractivity contribution in [2.24, 2.45) is 5.92 Å². The van der Waals surface area contributed by atoms with Crippen LogP contribution in [0, 0.1) is 19.8 Å². The van der Waals surface area contributed by atoms with E-state index in [1.54, 1.807) is 0 Å². The van der Waals surface area contributed by atoms with Gasteiger partial charge in [0.2, 0.25) is 0 Å². The van der Waals surface area contributed by atoms with Gasteiger partial charge in [0.25, 0.3) is 0 Å². The van der Waals surface area contributed by atoms with Crippen molar-refractivity contribution in [2.75, 3.05) is 13.1 Å². The fourth-order valence-electron chi connectivity index (χ4n) is 1.80. The van der Waals surface area contributed by atoms with Crippen LogP contribution in [0.5, 0.6) is 0 Å². The number of likely N-dealkylation sites (N-methyl/N-ethyl adjacent to an activating group) is 1. The van der Waals surface area contributed by atoms with E-state index < -0.39 is 0 Å². The Morgan fingerprint density at radius 3 is 2.47 bits per heavy atom. The monoisotopic (exact) mass is 209 g/mol. The van der Waals surface area contributed by atoms with E-state index in [2.05, 4.69) is 49.5 Å². The fourth-order valence-corrected chi connectivity index (χ4v) is 1.80. The van der Waals surface area contributed by atoms with E-state index in [-0.39, 0.29) is 0 Å². The number of nitrogens with zero attached hydrogens (tertiary/aromatic N) is 2. The van der Waals surface area contributed by atoms with Crippen LogP contribution in [0.25, 0.3) is 0 Å². The van der Waals surface area contributed by atoms with Gasteiger partial charge >= 0.3 is 0 Å². The van der Waals surface area contributed by atoms with Gasteiger partial charge in [-0.15, -0.1) is 0 Å². The first-order valence-corrected chi connectivity index (χ1v) is 5.78. The van der Waals surface area contributed by atoms with Gasteiger partial charge in [-0.2, -0.15) is 0 Å². The van der Waals surface area contributed by atoms with Gasteiger partial charge in [0.15, 0.2) is 0 Å². The molecule has 0 fully saturated rings. The zero-order valence-electron chi connectivity index (χ0n) is 10.5. The molecule has 1 unspecified atom stereocenters. The number of hydrogen-bond acceptors (Lipinski definition) is 2. The van der Waals surface area contributed by atoms with Gasteiger partial charge in [-0.25, -0.2) is 4.98 Å². The van der Waals surface area contributed by atoms with Crippen molar-refractivity contribution in [3.63, 3.8) is 0 Å². The normalized spacial score (nSPS) is 13.5. The minimum atomic E-state index is 0.506. The number of nitrogens with one attached hydrogen (secondary N) is 1. The molecule has 0 aliphatic heterocycles. The second kappa shape index (κ2) is 5.31. The lowest BCUT2D eigenvalue weighted by atomic mass is 10.0. The van der Waals surface area contributed by atoms with Crippen molar-refractivity contribution in [3.05, 3.63) is 17.7 Å². The Morgan fingerprint density at radius 1 is 1.40 bits per heavy atom. The molecule has 1 aromatic heterocycles. The molecular formula is C12H23N3. The van der Waals surface area contributed by atoms with Gasteiger partial charge in [-0.1, -0.05) is 20.8 Å². The summed E-state index contributed by atoms with van der Waals surface area (Å²) in [4.78, 5) is 4.36. The number of imidazole rings is 1. The Labute approximate surface area is 92.9 Å². The van der Waals surface area contributed by atoms with Crippen LogP contribution in [0.15, 0.2) is 6.33 Å². The zero-order valence-corrected chi connectivity index (χ0v) is 10.5. The number of hydrogen-bond donors (Lipinski definition) is 1. The van der Waals surface area contributed by atoms with Crippen LogP contribution >= 0.6 is 0 Å². The van der Waals surface area contributed by atoms with E-state index >= 15 is 0 Å². The average Bonchev–Trinajstić information content (AvgIpc) is 2.50. The molecule has 1 rings (SSSR count). The highest BCUT2D eigenvalue weighted by molar-refractivity contribution is 5.10. The summed E-state index contributed by atoms with van der Waals surface area (Å²) >= 11 is 0. The van der Waals surface area contributed by atoms with Crippen LogP contribution in [0.3, 0.4) is 0 Å². The molecular weight excluding hydrogens is 186 g/mol. The summed E-state index contributed by atoms with van der Waals surface area (Å²) in [6, 6.07) is 0.506. The Kier molecular flexibility index (Phi) is 4.33. The molecule has 3 heteroatoms. The lowest BCUT2D eigenvalue weighted by Gasteiger charge is -2.24. The van der Waals surface area contributed by atoms with E-state index in [9.17, 15) is 0 Å². The maximum atomic E-state index is 4.36. The van der Waals surface area contributed by atoms with Crippen molar-refractivity contribution in [1.29, 1.82) is 0 Å². The lowest BCUT2D eigenvalue weighted by Crippen LogP contribution is -2.29. The molecule has 0 radical (unpaired) electrons. The van der Waals surface area contributed by atoms with Crippen LogP contribution in [0.1, 0.15) is 38.2 Å². The third-order valence-corrected chi connectivity index (χ3v) is 3.02. The molecule has 0 aliphatic carbocycles. The predicted molar refractivity (Wildman–Crippen MR) is 64.1 cm³/mol. The van der Waals surface area contributed by atoms with Crippen LogP contribution in [-0.4, -0.2) is 22.6 Å². The van der Waals surface area contributed by atoms with Crippen molar-refractivity contribution < 1.29 is 0 Å². The maximum absolute atomic E-state index is 4.36. The molecule has 0 saturated heterocycles. The Morgan fingerprint density at radius 2 is 2.07 bits per heavy atom. The topological polar surface area (TPSA) is 29.9 Å². The smallest absolute Gasteiger partial charge is 0.0954 e. The SMILES string of the molecule is CCNCC(C(C)C)n1cnc(C)c1C. The lowest BCUT2D eigenvalue weighted by molar-refractivity contribution is 0.354. The highest BCUT2D eigenvalue weighted by Gasteiger charge is 2.17. The molecule has 15 heavy (non-hydrogen) atoms. The van der Waals surface area contributed by atoms with Gasteiger partial charge in [0.05, 0.1) is 12.0 Å². The van der Waals surface area contributed by atoms with Gasteiger partial charge in [0, 0.05) is 18.3 Å². The number of aromatic nitrogens is 2. The van der Waals surface area contributed by atoms with E-state index in [4.69, 9.17) is 0 Å². The summed E-state index contributed by atoms with van der Waals surface area (Å²) in [5, 5.41) is 3.42. The number of aryl methyl sites for hydroxylation is 1. The molecule has 1 aromatic rings. The molecule has 86 valence electrons. The summed E-state index contributed by atoms with van der Waals surface area (Å²) in [5.41, 5.74) is 2.42. The van der Waals surface area contributed by atoms with Gasteiger partial charge in [0.1, 0.15) is 0 Å². The standard InChI is InChI=1S/C12H23N3/c1-6-13-7-12(9(2)3)15-8-14-10(4)11(15)5/h8-9,12-13H,6-7H2,1-5H3. The first kappa shape index (κ1) is 12.2. The molecule has 1 N–H and O–H groups in total. The maximum Gasteiger partial charge on any atom is 0.0954 e. The quantitative estimate of drug-likeness (QED) is 0.806. The Bertz CT molecular complexity index is 302. The minimum Gasteiger partial charge on any atom is -0.330 e. The van der Waals surface area contributed by atoms with Crippen molar-refractivity contribution >= 4 is 0 Å². The van der Waals surface area contributed by atoms with Crippen molar-refractivity contribution in [1.82, 2.24) is 14.9 Å². The molecule has 0 saturated carbocycles. The molecule has 1 atom stereocenters. The molecule has 0 aliphatic rings. The summed E-state index contributed by atoms with van der Waals surface area (Å²) < 4.78 is 2.29. The van der Waals surface area contributed by atoms with Crippen LogP contribution < -0.4 is 5.32 Å². The molecule has 0 amide bonds. The van der Waals surface area contributed by atoms with Gasteiger partial charge < -0.3 is 9.88 Å². The highest BCUT2D eigenvalue weighted by atomic mass is 15.1. The van der Waals surface area contributed by atoms with E-state index in [0.29, 0.717) is 12.0 Å². The summed E-state index contributed by atoms with van der Waals surface area (Å²) in [6.07, 6.45) is 1.96. The largest absolute Gasteiger partial charge is 0.330 e. The van der Waals surface area contributed by atoms with E-state index in [1.807, 2.05) is 6.33 Å². The van der Waals surface area contributed by atoms with E-state index in [0.717, 1.165) is 18.8 Å². The zero-order chi connectivity index (χ0) is 11.4. The first-order chi connectivity index (χ1) is 7.07. The predicted octanol–water partition coefficient (Wildman–Crippen LogP) is 2.31. The average molecular weight is 209 g/mol. The first-order valence-electron chi connectivity index (χ1n) is 5.78. The second-order valence-corrected chi connectivity index (χ2v) is 4.44. The Balaban J connectivity index is 2.84. The molecule has 0 spiro atoms. The third-order valence-electron chi connectivity index (χ3n) is 3.02. The molecule has 0 aromatic carbocycles. The molecule has 1 heterocycles. The summed E-state index contributed by atoms with van der Waals surface area (Å²) in [6.45, 7) is 12.9. The fraction of sp³-hybridized carbons (Fsp3) is 0.750. The van der Waals surface area contributed by atoms with E-state index in [1.165, 1.54) is 5.69 Å². The minimum absolute atomic E-state index is 0.506. The summed E-state index contributed by atoms with van der Waals surface area (Å²) in [7, 11) is 0. The number of rotatable bonds is 5. The highest BCUT2D eigenvalue weighted by Crippen LogP contribution is 2.20.